The lowest BCUT2D eigenvalue weighted by Crippen LogP contribution is -2.17. The van der Waals surface area contributed by atoms with E-state index in [9.17, 15) is 4.79 Å². The van der Waals surface area contributed by atoms with Crippen LogP contribution < -0.4 is 4.74 Å². The molecule has 1 aromatic carbocycles. The van der Waals surface area contributed by atoms with Crippen LogP contribution in [0.4, 0.5) is 0 Å². The van der Waals surface area contributed by atoms with Gasteiger partial charge in [0, 0.05) is 30.2 Å². The largest absolute Gasteiger partial charge is 0.443 e. The molecule has 0 aliphatic heterocycles. The Kier molecular flexibility index (Phi) is 3.92. The highest BCUT2D eigenvalue weighted by atomic mass is 16.5. The Labute approximate surface area is 123 Å². The van der Waals surface area contributed by atoms with Gasteiger partial charge in [-0.25, -0.2) is 4.98 Å². The molecule has 1 atom stereocenters. The number of hydrogen-bond donors (Lipinski definition) is 0. The Morgan fingerprint density at radius 3 is 2.67 bits per heavy atom. The predicted octanol–water partition coefficient (Wildman–Crippen LogP) is 3.80. The number of aromatic nitrogens is 1. The minimum atomic E-state index is -0.184. The second-order valence-corrected chi connectivity index (χ2v) is 4.83. The number of pyridine rings is 1. The van der Waals surface area contributed by atoms with Crippen LogP contribution in [0.3, 0.4) is 0 Å². The lowest BCUT2D eigenvalue weighted by Gasteiger charge is -2.17. The van der Waals surface area contributed by atoms with Gasteiger partial charge >= 0.3 is 0 Å². The van der Waals surface area contributed by atoms with Crippen LogP contribution in [-0.2, 0) is 0 Å². The maximum atomic E-state index is 12.4. The Balaban J connectivity index is 1.70. The summed E-state index contributed by atoms with van der Waals surface area (Å²) >= 11 is 0. The van der Waals surface area contributed by atoms with Gasteiger partial charge in [0.1, 0.15) is 5.76 Å². The third kappa shape index (κ3) is 3.26. The molecule has 104 valence electrons. The smallest absolute Gasteiger partial charge is 0.218 e. The molecule has 0 spiro atoms. The number of benzene rings is 1. The average molecular weight is 277 g/mol. The normalized spacial score (nSPS) is 17.1. The summed E-state index contributed by atoms with van der Waals surface area (Å²) in [6, 6.07) is 14.8. The van der Waals surface area contributed by atoms with Crippen molar-refractivity contribution in [1.82, 2.24) is 4.98 Å². The van der Waals surface area contributed by atoms with Crippen molar-refractivity contribution in [2.24, 2.45) is 5.92 Å². The maximum Gasteiger partial charge on any atom is 0.218 e. The van der Waals surface area contributed by atoms with E-state index in [1.165, 1.54) is 0 Å². The van der Waals surface area contributed by atoms with Gasteiger partial charge in [0.2, 0.25) is 5.88 Å². The number of carbonyl (C=O) groups excluding carboxylic acids is 1. The van der Waals surface area contributed by atoms with E-state index in [2.05, 4.69) is 4.98 Å². The molecule has 0 saturated carbocycles. The van der Waals surface area contributed by atoms with Crippen LogP contribution in [0.25, 0.3) is 0 Å². The Hall–Kier alpha value is -2.68. The molecule has 3 heteroatoms. The van der Waals surface area contributed by atoms with E-state index >= 15 is 0 Å². The number of allylic oxidation sites excluding steroid dienone is 4. The standard InChI is InChI=1S/C18H15NO2/c20-18(14-7-2-1-3-8-14)15-9-6-10-16(13-15)21-17-11-4-5-12-19-17/h1-12,15H,13H2. The van der Waals surface area contributed by atoms with E-state index in [1.54, 1.807) is 12.3 Å². The monoisotopic (exact) mass is 277 g/mol. The number of ether oxygens (including phenoxy) is 1. The molecule has 1 aliphatic carbocycles. The van der Waals surface area contributed by atoms with Crippen molar-refractivity contribution in [2.45, 2.75) is 6.42 Å². The first-order valence-electron chi connectivity index (χ1n) is 6.88. The molecule has 1 aromatic heterocycles. The zero-order valence-corrected chi connectivity index (χ0v) is 11.5. The molecule has 0 fully saturated rings. The van der Waals surface area contributed by atoms with Crippen molar-refractivity contribution in [2.75, 3.05) is 0 Å². The summed E-state index contributed by atoms with van der Waals surface area (Å²) in [4.78, 5) is 16.6. The molecule has 0 N–H and O–H groups in total. The van der Waals surface area contributed by atoms with Gasteiger partial charge in [-0.1, -0.05) is 48.6 Å². The SMILES string of the molecule is O=C(c1ccccc1)C1C=CC=C(Oc2ccccn2)C1. The van der Waals surface area contributed by atoms with Gasteiger partial charge in [-0.15, -0.1) is 0 Å². The zero-order chi connectivity index (χ0) is 14.5. The molecule has 1 heterocycles. The third-order valence-electron chi connectivity index (χ3n) is 3.32. The molecule has 3 rings (SSSR count). The number of hydrogen-bond acceptors (Lipinski definition) is 3. The first-order chi connectivity index (χ1) is 10.3. The molecular formula is C18H15NO2. The highest BCUT2D eigenvalue weighted by Crippen LogP contribution is 2.24. The highest BCUT2D eigenvalue weighted by molar-refractivity contribution is 5.99. The molecule has 0 bridgehead atoms. The summed E-state index contributed by atoms with van der Waals surface area (Å²) in [6.07, 6.45) is 7.90. The van der Waals surface area contributed by atoms with E-state index in [0.29, 0.717) is 12.3 Å². The van der Waals surface area contributed by atoms with E-state index in [4.69, 9.17) is 4.74 Å². The maximum absolute atomic E-state index is 12.4. The van der Waals surface area contributed by atoms with E-state index in [-0.39, 0.29) is 11.7 Å². The van der Waals surface area contributed by atoms with Crippen molar-refractivity contribution in [1.29, 1.82) is 0 Å². The summed E-state index contributed by atoms with van der Waals surface area (Å²) in [5, 5.41) is 0. The molecule has 2 aromatic rings. The molecule has 1 aliphatic rings. The van der Waals surface area contributed by atoms with Gasteiger partial charge in [0.25, 0.3) is 0 Å². The fourth-order valence-electron chi connectivity index (χ4n) is 2.26. The molecule has 1 unspecified atom stereocenters. The van der Waals surface area contributed by atoms with Crippen LogP contribution in [0.15, 0.2) is 78.7 Å². The summed E-state index contributed by atoms with van der Waals surface area (Å²) < 4.78 is 5.72. The van der Waals surface area contributed by atoms with Crippen molar-refractivity contribution in [3.8, 4) is 5.88 Å². The van der Waals surface area contributed by atoms with Crippen molar-refractivity contribution >= 4 is 5.78 Å². The molecule has 3 nitrogen and oxygen atoms in total. The molecule has 0 saturated heterocycles. The van der Waals surface area contributed by atoms with E-state index in [0.717, 1.165) is 11.3 Å². The van der Waals surface area contributed by atoms with Crippen LogP contribution in [0.5, 0.6) is 5.88 Å². The fraction of sp³-hybridized carbons (Fsp3) is 0.111. The second kappa shape index (κ2) is 6.18. The summed E-state index contributed by atoms with van der Waals surface area (Å²) in [7, 11) is 0. The molecule has 0 amide bonds. The average Bonchev–Trinajstić information content (AvgIpc) is 2.56. The second-order valence-electron chi connectivity index (χ2n) is 4.83. The summed E-state index contributed by atoms with van der Waals surface area (Å²) in [5.41, 5.74) is 0.728. The first kappa shape index (κ1) is 13.3. The molecular weight excluding hydrogens is 262 g/mol. The van der Waals surface area contributed by atoms with Gasteiger partial charge < -0.3 is 4.74 Å². The molecule has 0 radical (unpaired) electrons. The minimum Gasteiger partial charge on any atom is -0.443 e. The predicted molar refractivity (Wildman–Crippen MR) is 81.0 cm³/mol. The number of ketones is 1. The van der Waals surface area contributed by atoms with Crippen LogP contribution in [0.1, 0.15) is 16.8 Å². The van der Waals surface area contributed by atoms with Crippen molar-refractivity contribution in [3.63, 3.8) is 0 Å². The zero-order valence-electron chi connectivity index (χ0n) is 11.5. The highest BCUT2D eigenvalue weighted by Gasteiger charge is 2.21. The van der Waals surface area contributed by atoms with Gasteiger partial charge in [0.05, 0.1) is 0 Å². The summed E-state index contributed by atoms with van der Waals surface area (Å²) in [5.74, 6) is 1.23. The number of rotatable bonds is 4. The third-order valence-corrected chi connectivity index (χ3v) is 3.32. The van der Waals surface area contributed by atoms with E-state index in [1.807, 2.05) is 60.7 Å². The van der Waals surface area contributed by atoms with Gasteiger partial charge in [-0.05, 0) is 12.1 Å². The Bertz CT molecular complexity index is 675. The first-order valence-corrected chi connectivity index (χ1v) is 6.88. The number of carbonyl (C=O) groups is 1. The fourth-order valence-corrected chi connectivity index (χ4v) is 2.26. The van der Waals surface area contributed by atoms with Crippen LogP contribution in [0, 0.1) is 5.92 Å². The number of Topliss-reactive ketones (excluding diaryl/α,β-unsaturated/α-hetero) is 1. The minimum absolute atomic E-state index is 0.113. The van der Waals surface area contributed by atoms with Gasteiger partial charge in [-0.2, -0.15) is 0 Å². The topological polar surface area (TPSA) is 39.2 Å². The lowest BCUT2D eigenvalue weighted by molar-refractivity contribution is 0.0938. The number of nitrogens with zero attached hydrogens (tertiary/aromatic N) is 1. The van der Waals surface area contributed by atoms with Crippen molar-refractivity contribution in [3.05, 3.63) is 84.3 Å². The van der Waals surface area contributed by atoms with E-state index < -0.39 is 0 Å². The van der Waals surface area contributed by atoms with Gasteiger partial charge in [-0.3, -0.25) is 4.79 Å². The lowest BCUT2D eigenvalue weighted by atomic mass is 9.91. The van der Waals surface area contributed by atoms with Crippen LogP contribution >= 0.6 is 0 Å². The Morgan fingerprint density at radius 2 is 1.90 bits per heavy atom. The van der Waals surface area contributed by atoms with Crippen LogP contribution in [0.2, 0.25) is 0 Å². The van der Waals surface area contributed by atoms with Gasteiger partial charge in [0.15, 0.2) is 5.78 Å². The Morgan fingerprint density at radius 1 is 1.10 bits per heavy atom. The quantitative estimate of drug-likeness (QED) is 0.798. The van der Waals surface area contributed by atoms with Crippen LogP contribution in [-0.4, -0.2) is 10.8 Å². The van der Waals surface area contributed by atoms with Crippen molar-refractivity contribution < 1.29 is 9.53 Å². The molecule has 21 heavy (non-hydrogen) atoms. The summed E-state index contributed by atoms with van der Waals surface area (Å²) in [6.45, 7) is 0.